The lowest BCUT2D eigenvalue weighted by atomic mass is 9.73. The smallest absolute Gasteiger partial charge is 0.309 e. The highest BCUT2D eigenvalue weighted by molar-refractivity contribution is 5.95. The third-order valence-corrected chi connectivity index (χ3v) is 6.71. The molecule has 0 bridgehead atoms. The number of alkyl halides is 4. The van der Waals surface area contributed by atoms with Crippen LogP contribution >= 0.6 is 0 Å². The van der Waals surface area contributed by atoms with Gasteiger partial charge in [-0.05, 0) is 41.0 Å². The van der Waals surface area contributed by atoms with Crippen molar-refractivity contribution < 1.29 is 22.0 Å². The maximum Gasteiger partial charge on any atom is 0.418 e. The van der Waals surface area contributed by atoms with E-state index in [2.05, 4.69) is 0 Å². The zero-order valence-corrected chi connectivity index (χ0v) is 19.1. The van der Waals surface area contributed by atoms with Crippen LogP contribution in [-0.4, -0.2) is 0 Å². The topological polar surface area (TPSA) is 3.24 Å². The number of para-hydroxylation sites is 3. The first-order valence-electron chi connectivity index (χ1n) is 11.2. The number of fused-ring (bicyclic) bond motifs is 2. The molecule has 0 saturated heterocycles. The second-order valence-electron chi connectivity index (χ2n) is 9.10. The van der Waals surface area contributed by atoms with Crippen molar-refractivity contribution in [2.45, 2.75) is 32.1 Å². The van der Waals surface area contributed by atoms with Crippen LogP contribution in [-0.2, 0) is 18.3 Å². The highest BCUT2D eigenvalue weighted by Crippen LogP contribution is 2.56. The van der Waals surface area contributed by atoms with Crippen LogP contribution < -0.4 is 4.90 Å². The van der Waals surface area contributed by atoms with Gasteiger partial charge in [-0.15, -0.1) is 0 Å². The first kappa shape index (κ1) is 23.1. The normalized spacial score (nSPS) is 14.4. The van der Waals surface area contributed by atoms with Crippen molar-refractivity contribution >= 4 is 17.1 Å². The minimum absolute atomic E-state index is 0.00974. The summed E-state index contributed by atoms with van der Waals surface area (Å²) in [5.41, 5.74) is 0.957. The van der Waals surface area contributed by atoms with Crippen molar-refractivity contribution in [3.63, 3.8) is 0 Å². The summed E-state index contributed by atoms with van der Waals surface area (Å²) in [4.78, 5) is 1.54. The number of benzene rings is 4. The second-order valence-corrected chi connectivity index (χ2v) is 9.10. The van der Waals surface area contributed by atoms with E-state index in [1.807, 2.05) is 38.1 Å². The molecule has 6 heteroatoms. The molecule has 0 N–H and O–H groups in total. The van der Waals surface area contributed by atoms with E-state index in [4.69, 9.17) is 0 Å². The highest BCUT2D eigenvalue weighted by Gasteiger charge is 2.42. The minimum atomic E-state index is -4.73. The quantitative estimate of drug-likeness (QED) is 0.265. The number of hydrogen-bond acceptors (Lipinski definition) is 1. The van der Waals surface area contributed by atoms with Crippen LogP contribution in [0.1, 0.15) is 36.1 Å². The number of anilines is 3. The molecule has 0 spiro atoms. The van der Waals surface area contributed by atoms with Gasteiger partial charge in [-0.2, -0.15) is 13.2 Å². The average molecular weight is 479 g/mol. The molecule has 0 amide bonds. The molecule has 1 heterocycles. The highest BCUT2D eigenvalue weighted by atomic mass is 19.4. The van der Waals surface area contributed by atoms with Gasteiger partial charge in [0, 0.05) is 16.5 Å². The van der Waals surface area contributed by atoms with Crippen molar-refractivity contribution in [2.75, 3.05) is 4.90 Å². The van der Waals surface area contributed by atoms with Crippen molar-refractivity contribution in [1.82, 2.24) is 0 Å². The second kappa shape index (κ2) is 8.22. The molecular formula is C29H22F5N. The molecule has 35 heavy (non-hydrogen) atoms. The Morgan fingerprint density at radius 2 is 1.31 bits per heavy atom. The monoisotopic (exact) mass is 479 g/mol. The molecule has 1 aliphatic rings. The van der Waals surface area contributed by atoms with Crippen molar-refractivity contribution in [2.24, 2.45) is 0 Å². The first-order valence-corrected chi connectivity index (χ1v) is 11.2. The number of nitrogens with zero attached hydrogens (tertiary/aromatic N) is 1. The third kappa shape index (κ3) is 3.59. The van der Waals surface area contributed by atoms with Crippen LogP contribution in [0.5, 0.6) is 0 Å². The Kier molecular flexibility index (Phi) is 5.42. The standard InChI is InChI=1S/C29H22F5N/c1-28(2)20-11-3-5-15-24(20)35(25-16-6-4-12-21(25)28)27-19(10-8-13-22(27)29(32,33)34)26-18(17-30)9-7-14-23(26)31/h3-16H,17H2,1-2H3. The van der Waals surface area contributed by atoms with Gasteiger partial charge in [0.05, 0.1) is 22.6 Å². The summed E-state index contributed by atoms with van der Waals surface area (Å²) in [6, 6.07) is 22.1. The van der Waals surface area contributed by atoms with Crippen molar-refractivity contribution in [1.29, 1.82) is 0 Å². The summed E-state index contributed by atoms with van der Waals surface area (Å²) >= 11 is 0. The van der Waals surface area contributed by atoms with E-state index >= 15 is 4.39 Å². The van der Waals surface area contributed by atoms with Gasteiger partial charge in [-0.25, -0.2) is 8.78 Å². The van der Waals surface area contributed by atoms with E-state index in [0.29, 0.717) is 11.4 Å². The summed E-state index contributed by atoms with van der Waals surface area (Å²) in [5, 5.41) is 0. The van der Waals surface area contributed by atoms with Gasteiger partial charge in [0.2, 0.25) is 0 Å². The molecule has 4 aromatic rings. The van der Waals surface area contributed by atoms with Gasteiger partial charge < -0.3 is 4.90 Å². The summed E-state index contributed by atoms with van der Waals surface area (Å²) in [5.74, 6) is -0.778. The van der Waals surface area contributed by atoms with E-state index in [1.165, 1.54) is 24.3 Å². The van der Waals surface area contributed by atoms with Crippen LogP contribution in [0.2, 0.25) is 0 Å². The first-order chi connectivity index (χ1) is 16.7. The maximum atomic E-state index is 15.1. The van der Waals surface area contributed by atoms with E-state index in [1.54, 1.807) is 29.2 Å². The summed E-state index contributed by atoms with van der Waals surface area (Å²) in [7, 11) is 0. The van der Waals surface area contributed by atoms with Gasteiger partial charge in [-0.3, -0.25) is 0 Å². The molecule has 5 rings (SSSR count). The van der Waals surface area contributed by atoms with Gasteiger partial charge in [0.25, 0.3) is 0 Å². The Labute approximate surface area is 200 Å². The Hall–Kier alpha value is -3.67. The lowest BCUT2D eigenvalue weighted by Gasteiger charge is -2.43. The molecule has 0 unspecified atom stereocenters. The molecule has 0 fully saturated rings. The van der Waals surface area contributed by atoms with E-state index in [9.17, 15) is 17.6 Å². The van der Waals surface area contributed by atoms with Crippen LogP contribution in [0.25, 0.3) is 11.1 Å². The molecular weight excluding hydrogens is 457 g/mol. The molecule has 0 atom stereocenters. The zero-order chi connectivity index (χ0) is 25.0. The van der Waals surface area contributed by atoms with Gasteiger partial charge in [-0.1, -0.05) is 74.5 Å². The molecule has 0 aromatic heterocycles. The van der Waals surface area contributed by atoms with Crippen LogP contribution in [0.4, 0.5) is 39.0 Å². The fourth-order valence-corrected chi connectivity index (χ4v) is 5.11. The Morgan fingerprint density at radius 1 is 0.743 bits per heavy atom. The van der Waals surface area contributed by atoms with E-state index in [-0.39, 0.29) is 22.4 Å². The Morgan fingerprint density at radius 3 is 1.89 bits per heavy atom. The lowest BCUT2D eigenvalue weighted by molar-refractivity contribution is -0.137. The molecule has 1 nitrogen and oxygen atoms in total. The van der Waals surface area contributed by atoms with E-state index < -0.39 is 29.6 Å². The summed E-state index contributed by atoms with van der Waals surface area (Å²) in [6.07, 6.45) is -4.73. The number of hydrogen-bond donors (Lipinski definition) is 0. The predicted octanol–water partition coefficient (Wildman–Crippen LogP) is 9.09. The summed E-state index contributed by atoms with van der Waals surface area (Å²) < 4.78 is 72.6. The molecule has 0 radical (unpaired) electrons. The predicted molar refractivity (Wildman–Crippen MR) is 128 cm³/mol. The van der Waals surface area contributed by atoms with Crippen LogP contribution in [0.15, 0.2) is 84.9 Å². The lowest BCUT2D eigenvalue weighted by Crippen LogP contribution is -2.31. The van der Waals surface area contributed by atoms with Gasteiger partial charge in [0.15, 0.2) is 0 Å². The molecule has 0 saturated carbocycles. The third-order valence-electron chi connectivity index (χ3n) is 6.71. The van der Waals surface area contributed by atoms with E-state index in [0.717, 1.165) is 23.3 Å². The number of rotatable bonds is 3. The minimum Gasteiger partial charge on any atom is -0.309 e. The molecule has 178 valence electrons. The van der Waals surface area contributed by atoms with Crippen LogP contribution in [0, 0.1) is 5.82 Å². The average Bonchev–Trinajstić information content (AvgIpc) is 2.84. The molecule has 0 aliphatic carbocycles. The number of halogens is 5. The van der Waals surface area contributed by atoms with Gasteiger partial charge >= 0.3 is 6.18 Å². The van der Waals surface area contributed by atoms with Crippen molar-refractivity contribution in [3.05, 3.63) is 113 Å². The Bertz CT molecular complexity index is 1370. The van der Waals surface area contributed by atoms with Gasteiger partial charge in [0.1, 0.15) is 12.5 Å². The van der Waals surface area contributed by atoms with Crippen molar-refractivity contribution in [3.8, 4) is 11.1 Å². The molecule has 1 aliphatic heterocycles. The largest absolute Gasteiger partial charge is 0.418 e. The Balaban J connectivity index is 1.94. The SMILES string of the molecule is CC1(C)c2ccccc2N(c2c(-c3c(F)cccc3CF)cccc2C(F)(F)F)c2ccccc21. The zero-order valence-electron chi connectivity index (χ0n) is 19.1. The fraction of sp³-hybridized carbons (Fsp3) is 0.172. The van der Waals surface area contributed by atoms with Crippen LogP contribution in [0.3, 0.4) is 0 Å². The molecule has 4 aromatic carbocycles. The summed E-state index contributed by atoms with van der Waals surface area (Å²) in [6.45, 7) is 3.04. The fourth-order valence-electron chi connectivity index (χ4n) is 5.11. The maximum absolute atomic E-state index is 15.1.